The molecule has 4 nitrogen and oxygen atoms in total. The lowest BCUT2D eigenvalue weighted by Crippen LogP contribution is -2.79. The maximum atomic E-state index is 13.9. The SMILES string of the molecule is C=C(C)C(=O)OC(CO)COC(F)(F)C(F)(F)C(F)(F)C(F)(F)C(F)(F)C(F)(F)C(F)(F)C(F)(F)C(F)(F)C(F)(F)C(F)(C(F)(F)F)C(F)(F)F. The molecule has 0 heterocycles. The summed E-state index contributed by atoms with van der Waals surface area (Å²) >= 11 is 0. The molecule has 0 saturated carbocycles. The van der Waals surface area contributed by atoms with Gasteiger partial charge < -0.3 is 14.6 Å². The molecule has 1 N–H and O–H groups in total. The van der Waals surface area contributed by atoms with Crippen LogP contribution < -0.4 is 0 Å². The van der Waals surface area contributed by atoms with E-state index in [0.29, 0.717) is 0 Å². The van der Waals surface area contributed by atoms with Crippen molar-refractivity contribution in [2.75, 3.05) is 13.2 Å². The van der Waals surface area contributed by atoms with Gasteiger partial charge in [0, 0.05) is 5.57 Å². The summed E-state index contributed by atoms with van der Waals surface area (Å²) in [6.45, 7) is -0.912. The maximum Gasteiger partial charge on any atom is 0.438 e. The van der Waals surface area contributed by atoms with Crippen molar-refractivity contribution >= 4 is 5.97 Å². The van der Waals surface area contributed by atoms with E-state index in [1.54, 1.807) is 0 Å². The van der Waals surface area contributed by atoms with Gasteiger partial charge in [0.05, 0.1) is 13.2 Å². The molecule has 0 aromatic rings. The van der Waals surface area contributed by atoms with Crippen molar-refractivity contribution in [1.82, 2.24) is 0 Å². The lowest BCUT2D eigenvalue weighted by molar-refractivity contribution is -0.492. The molecule has 0 fully saturated rings. The third kappa shape index (κ3) is 6.58. The number of hydrogen-bond acceptors (Lipinski definition) is 4. The first-order valence-electron chi connectivity index (χ1n) is 11.5. The molecule has 0 aromatic carbocycles. The summed E-state index contributed by atoms with van der Waals surface area (Å²) in [4.78, 5) is 11.2. The molecule has 0 aromatic heterocycles. The molecule has 0 aliphatic rings. The van der Waals surface area contributed by atoms with Crippen LogP contribution in [0.4, 0.5) is 119 Å². The van der Waals surface area contributed by atoms with Gasteiger partial charge in [-0.25, -0.2) is 9.18 Å². The molecule has 0 bridgehead atoms. The lowest BCUT2D eigenvalue weighted by atomic mass is 9.82. The first kappa shape index (κ1) is 48.2. The quantitative estimate of drug-likeness (QED) is 0.0963. The van der Waals surface area contributed by atoms with Crippen LogP contribution in [0.1, 0.15) is 6.92 Å². The molecule has 0 amide bonds. The van der Waals surface area contributed by atoms with Crippen molar-refractivity contribution < 1.29 is 138 Å². The number of esters is 1. The van der Waals surface area contributed by atoms with E-state index in [1.165, 1.54) is 0 Å². The number of carbonyl (C=O) groups excluding carboxylic acids is 1. The molecule has 1 unspecified atom stereocenters. The second-order valence-corrected chi connectivity index (χ2v) is 9.64. The van der Waals surface area contributed by atoms with Crippen molar-refractivity contribution in [2.24, 2.45) is 0 Å². The Labute approximate surface area is 261 Å². The zero-order valence-electron chi connectivity index (χ0n) is 23.1. The summed E-state index contributed by atoms with van der Waals surface area (Å²) in [5, 5.41) is 8.78. The van der Waals surface area contributed by atoms with Crippen LogP contribution in [-0.4, -0.2) is 108 Å². The van der Waals surface area contributed by atoms with Gasteiger partial charge in [-0.1, -0.05) is 6.58 Å². The van der Waals surface area contributed by atoms with Crippen LogP contribution in [0.3, 0.4) is 0 Å². The Bertz CT molecular complexity index is 1260. The molecular weight excluding hydrogens is 817 g/mol. The number of aliphatic hydroxyl groups excluding tert-OH is 1. The van der Waals surface area contributed by atoms with Gasteiger partial charge in [0.15, 0.2) is 0 Å². The number of hydrogen-bond donors (Lipinski definition) is 1. The number of rotatable bonds is 16. The van der Waals surface area contributed by atoms with E-state index in [1.807, 2.05) is 0 Å². The van der Waals surface area contributed by atoms with Crippen molar-refractivity contribution in [3.8, 4) is 0 Å². The average Bonchev–Trinajstić information content (AvgIpc) is 2.91. The fraction of sp³-hybridized carbons (Fsp3) is 0.850. The maximum absolute atomic E-state index is 13.9. The molecular formula is C20H11F27O4. The smallest absolute Gasteiger partial charge is 0.438 e. The highest BCUT2D eigenvalue weighted by atomic mass is 19.4. The third-order valence-corrected chi connectivity index (χ3v) is 6.01. The normalized spacial score (nSPS) is 16.6. The highest BCUT2D eigenvalue weighted by Crippen LogP contribution is 2.69. The van der Waals surface area contributed by atoms with E-state index in [-0.39, 0.29) is 0 Å². The summed E-state index contributed by atoms with van der Waals surface area (Å²) in [7, 11) is 0. The molecule has 0 saturated heterocycles. The van der Waals surface area contributed by atoms with Crippen LogP contribution >= 0.6 is 0 Å². The monoisotopic (exact) mass is 828 g/mol. The summed E-state index contributed by atoms with van der Waals surface area (Å²) in [6.07, 6.45) is -27.8. The van der Waals surface area contributed by atoms with E-state index >= 15 is 0 Å². The van der Waals surface area contributed by atoms with E-state index in [2.05, 4.69) is 16.1 Å². The number of alkyl halides is 27. The fourth-order valence-corrected chi connectivity index (χ4v) is 2.96. The Morgan fingerprint density at radius 3 is 1.00 bits per heavy atom. The second kappa shape index (κ2) is 13.0. The van der Waals surface area contributed by atoms with E-state index < -0.39 is 108 Å². The number of halogens is 27. The Balaban J connectivity index is 7.30. The second-order valence-electron chi connectivity index (χ2n) is 9.64. The summed E-state index contributed by atoms with van der Waals surface area (Å²) < 4.78 is 372. The van der Waals surface area contributed by atoms with Gasteiger partial charge in [0.2, 0.25) is 0 Å². The summed E-state index contributed by atoms with van der Waals surface area (Å²) in [5.41, 5.74) is -10.00. The number of carbonyl (C=O) groups is 1. The van der Waals surface area contributed by atoms with Crippen LogP contribution in [0.5, 0.6) is 0 Å². The number of aliphatic hydroxyl groups is 1. The Kier molecular flexibility index (Phi) is 12.3. The molecule has 304 valence electrons. The summed E-state index contributed by atoms with van der Waals surface area (Å²) in [6, 6.07) is 0. The predicted octanol–water partition coefficient (Wildman–Crippen LogP) is 8.63. The van der Waals surface area contributed by atoms with Crippen molar-refractivity contribution in [3.05, 3.63) is 12.2 Å². The van der Waals surface area contributed by atoms with E-state index in [0.717, 1.165) is 6.92 Å². The topological polar surface area (TPSA) is 55.8 Å². The lowest BCUT2D eigenvalue weighted by Gasteiger charge is -2.46. The van der Waals surface area contributed by atoms with Crippen molar-refractivity contribution in [2.45, 2.75) is 90.5 Å². The highest BCUT2D eigenvalue weighted by molar-refractivity contribution is 5.87. The van der Waals surface area contributed by atoms with E-state index in [4.69, 9.17) is 5.11 Å². The molecule has 0 aliphatic carbocycles. The van der Waals surface area contributed by atoms with Crippen LogP contribution in [0.2, 0.25) is 0 Å². The van der Waals surface area contributed by atoms with Gasteiger partial charge in [-0.3, -0.25) is 0 Å². The van der Waals surface area contributed by atoms with Gasteiger partial charge in [0.25, 0.3) is 0 Å². The Morgan fingerprint density at radius 1 is 0.510 bits per heavy atom. The number of ether oxygens (including phenoxy) is 2. The van der Waals surface area contributed by atoms with Crippen LogP contribution in [0, 0.1) is 0 Å². The van der Waals surface area contributed by atoms with Crippen LogP contribution in [-0.2, 0) is 14.3 Å². The molecule has 31 heteroatoms. The largest absolute Gasteiger partial charge is 0.454 e. The van der Waals surface area contributed by atoms with E-state index in [9.17, 15) is 123 Å². The van der Waals surface area contributed by atoms with Crippen molar-refractivity contribution in [3.63, 3.8) is 0 Å². The molecule has 0 radical (unpaired) electrons. The van der Waals surface area contributed by atoms with Gasteiger partial charge in [-0.15, -0.1) is 0 Å². The van der Waals surface area contributed by atoms with Gasteiger partial charge in [-0.05, 0) is 6.92 Å². The van der Waals surface area contributed by atoms with Crippen molar-refractivity contribution in [1.29, 1.82) is 0 Å². The minimum Gasteiger partial charge on any atom is -0.454 e. The zero-order valence-corrected chi connectivity index (χ0v) is 23.1. The average molecular weight is 828 g/mol. The first-order valence-corrected chi connectivity index (χ1v) is 11.5. The predicted molar refractivity (Wildman–Crippen MR) is 103 cm³/mol. The van der Waals surface area contributed by atoms with Gasteiger partial charge >= 0.3 is 83.4 Å². The minimum atomic E-state index is -9.91. The van der Waals surface area contributed by atoms with Gasteiger partial charge in [0.1, 0.15) is 6.10 Å². The van der Waals surface area contributed by atoms with Crippen LogP contribution in [0.15, 0.2) is 12.2 Å². The Hall–Kier alpha value is -2.76. The fourth-order valence-electron chi connectivity index (χ4n) is 2.96. The Morgan fingerprint density at radius 2 is 0.765 bits per heavy atom. The third-order valence-electron chi connectivity index (χ3n) is 6.01. The molecule has 0 rings (SSSR count). The molecule has 0 aliphatic heterocycles. The van der Waals surface area contributed by atoms with Crippen LogP contribution in [0.25, 0.3) is 0 Å². The summed E-state index contributed by atoms with van der Waals surface area (Å²) in [5.74, 6) is -87.9. The standard InChI is InChI=1S/C20H11F27O4/c1-5(2)7(49)51-6(3-48)4-50-20(46,47)17(38,39)16(36,37)15(34,35)14(32,33)13(30,31)12(28,29)11(26,27)10(24,25)9(22,23)8(21,18(40,41)42)19(43,44)45/h6,48H,1,3-4H2,2H3. The van der Waals surface area contributed by atoms with Gasteiger partial charge in [-0.2, -0.15) is 114 Å². The first-order chi connectivity index (χ1) is 21.8. The molecule has 1 atom stereocenters. The zero-order chi connectivity index (χ0) is 42.1. The highest BCUT2D eigenvalue weighted by Gasteiger charge is 3.01. The molecule has 51 heavy (non-hydrogen) atoms. The molecule has 0 spiro atoms. The minimum absolute atomic E-state index is 0.728.